The first-order valence-corrected chi connectivity index (χ1v) is 10.7. The molecule has 0 N–H and O–H groups in total. The standard InChI is InChI=1S/C24H25N5O3/c1-16-20(17(2)29-23(27-16)19(13-25)14-26-29)10-11-22(30)28-12-6-9-21(28)24(31)32-15-18-7-4-3-5-8-18/h3-5,7-8,14,21H,6,9-12,15H2,1-2H3. The predicted molar refractivity (Wildman–Crippen MR) is 116 cm³/mol. The average molecular weight is 431 g/mol. The Balaban J connectivity index is 1.41. The Labute approximate surface area is 186 Å². The summed E-state index contributed by atoms with van der Waals surface area (Å²) in [6, 6.07) is 11.1. The van der Waals surface area contributed by atoms with Crippen LogP contribution in [0.1, 0.15) is 47.3 Å². The minimum absolute atomic E-state index is 0.0683. The second-order valence-corrected chi connectivity index (χ2v) is 8.01. The number of nitriles is 1. The van der Waals surface area contributed by atoms with Crippen molar-refractivity contribution in [3.63, 3.8) is 0 Å². The Morgan fingerprint density at radius 2 is 2.03 bits per heavy atom. The Hall–Kier alpha value is -3.73. The van der Waals surface area contributed by atoms with Gasteiger partial charge in [0.15, 0.2) is 5.65 Å². The van der Waals surface area contributed by atoms with E-state index >= 15 is 0 Å². The first kappa shape index (κ1) is 21.5. The molecule has 1 fully saturated rings. The number of aromatic nitrogens is 3. The van der Waals surface area contributed by atoms with Crippen LogP contribution in [0.3, 0.4) is 0 Å². The smallest absolute Gasteiger partial charge is 0.329 e. The summed E-state index contributed by atoms with van der Waals surface area (Å²) < 4.78 is 7.12. The van der Waals surface area contributed by atoms with Crippen molar-refractivity contribution in [3.05, 3.63) is 64.6 Å². The molecule has 8 nitrogen and oxygen atoms in total. The van der Waals surface area contributed by atoms with E-state index in [1.165, 1.54) is 6.20 Å². The maximum atomic E-state index is 13.0. The molecule has 4 rings (SSSR count). The van der Waals surface area contributed by atoms with E-state index in [-0.39, 0.29) is 24.9 Å². The van der Waals surface area contributed by atoms with Gasteiger partial charge in [0.05, 0.1) is 6.20 Å². The van der Waals surface area contributed by atoms with Crippen molar-refractivity contribution in [1.82, 2.24) is 19.5 Å². The number of esters is 1. The first-order chi connectivity index (χ1) is 15.5. The molecule has 3 aromatic rings. The van der Waals surface area contributed by atoms with Gasteiger partial charge < -0.3 is 9.64 Å². The van der Waals surface area contributed by atoms with Gasteiger partial charge in [0.25, 0.3) is 0 Å². The molecule has 1 amide bonds. The number of amides is 1. The van der Waals surface area contributed by atoms with Crippen molar-refractivity contribution in [2.45, 2.75) is 52.2 Å². The fourth-order valence-corrected chi connectivity index (χ4v) is 4.26. The number of rotatable bonds is 6. The summed E-state index contributed by atoms with van der Waals surface area (Å²) in [6.07, 6.45) is 3.66. The molecule has 32 heavy (non-hydrogen) atoms. The Bertz CT molecular complexity index is 1200. The zero-order valence-electron chi connectivity index (χ0n) is 18.2. The van der Waals surface area contributed by atoms with Gasteiger partial charge in [0.2, 0.25) is 5.91 Å². The highest BCUT2D eigenvalue weighted by molar-refractivity contribution is 5.85. The number of aryl methyl sites for hydroxylation is 2. The summed E-state index contributed by atoms with van der Waals surface area (Å²) in [5.41, 5.74) is 4.44. The Morgan fingerprint density at radius 1 is 1.25 bits per heavy atom. The number of ether oxygens (including phenoxy) is 1. The monoisotopic (exact) mass is 431 g/mol. The van der Waals surface area contributed by atoms with Crippen molar-refractivity contribution in [2.75, 3.05) is 6.54 Å². The van der Waals surface area contributed by atoms with E-state index in [1.807, 2.05) is 44.2 Å². The topological polar surface area (TPSA) is 101 Å². The largest absolute Gasteiger partial charge is 0.459 e. The number of carbonyl (C=O) groups excluding carboxylic acids is 2. The number of carbonyl (C=O) groups is 2. The molecule has 2 aromatic heterocycles. The number of hydrogen-bond acceptors (Lipinski definition) is 6. The van der Waals surface area contributed by atoms with E-state index in [4.69, 9.17) is 4.74 Å². The molecule has 0 radical (unpaired) electrons. The third-order valence-electron chi connectivity index (χ3n) is 5.99. The molecular weight excluding hydrogens is 406 g/mol. The molecule has 0 bridgehead atoms. The quantitative estimate of drug-likeness (QED) is 0.556. The maximum absolute atomic E-state index is 13.0. The lowest BCUT2D eigenvalue weighted by Crippen LogP contribution is -2.41. The summed E-state index contributed by atoms with van der Waals surface area (Å²) in [5, 5.41) is 13.5. The first-order valence-electron chi connectivity index (χ1n) is 10.7. The molecule has 1 aromatic carbocycles. The molecule has 1 aliphatic rings. The van der Waals surface area contributed by atoms with E-state index < -0.39 is 6.04 Å². The molecule has 8 heteroatoms. The molecule has 1 atom stereocenters. The second-order valence-electron chi connectivity index (χ2n) is 8.01. The van der Waals surface area contributed by atoms with Gasteiger partial charge in [-0.2, -0.15) is 10.4 Å². The lowest BCUT2D eigenvalue weighted by molar-refractivity contribution is -0.154. The van der Waals surface area contributed by atoms with Gasteiger partial charge >= 0.3 is 5.97 Å². The Kier molecular flexibility index (Phi) is 6.17. The number of hydrogen-bond donors (Lipinski definition) is 0. The highest BCUT2D eigenvalue weighted by Gasteiger charge is 2.35. The van der Waals surface area contributed by atoms with Gasteiger partial charge in [-0.15, -0.1) is 0 Å². The second kappa shape index (κ2) is 9.18. The normalized spacial score (nSPS) is 15.7. The summed E-state index contributed by atoms with van der Waals surface area (Å²) in [7, 11) is 0. The van der Waals surface area contributed by atoms with Crippen LogP contribution in [0, 0.1) is 25.2 Å². The fourth-order valence-electron chi connectivity index (χ4n) is 4.26. The molecule has 1 aliphatic heterocycles. The molecule has 0 spiro atoms. The zero-order valence-corrected chi connectivity index (χ0v) is 18.2. The molecule has 1 saturated heterocycles. The van der Waals surface area contributed by atoms with Crippen molar-refractivity contribution in [2.24, 2.45) is 0 Å². The van der Waals surface area contributed by atoms with Crippen molar-refractivity contribution in [1.29, 1.82) is 5.26 Å². The summed E-state index contributed by atoms with van der Waals surface area (Å²) in [6.45, 7) is 4.55. The van der Waals surface area contributed by atoms with Crippen LogP contribution in [0.5, 0.6) is 0 Å². The van der Waals surface area contributed by atoms with E-state index in [2.05, 4.69) is 16.2 Å². The SMILES string of the molecule is Cc1nc2c(C#N)cnn2c(C)c1CCC(=O)N1CCCC1C(=O)OCc1ccccc1. The lowest BCUT2D eigenvalue weighted by atomic mass is 10.1. The minimum Gasteiger partial charge on any atom is -0.459 e. The van der Waals surface area contributed by atoms with E-state index in [0.29, 0.717) is 30.6 Å². The highest BCUT2D eigenvalue weighted by Crippen LogP contribution is 2.23. The van der Waals surface area contributed by atoms with Gasteiger partial charge in [-0.3, -0.25) is 4.79 Å². The van der Waals surface area contributed by atoms with Gasteiger partial charge in [0.1, 0.15) is 24.3 Å². The van der Waals surface area contributed by atoms with Gasteiger partial charge in [-0.05, 0) is 44.2 Å². The van der Waals surface area contributed by atoms with Crippen molar-refractivity contribution < 1.29 is 14.3 Å². The molecular formula is C24H25N5O3. The lowest BCUT2D eigenvalue weighted by Gasteiger charge is -2.23. The molecule has 0 saturated carbocycles. The van der Waals surface area contributed by atoms with Crippen LogP contribution in [0.2, 0.25) is 0 Å². The zero-order chi connectivity index (χ0) is 22.7. The average Bonchev–Trinajstić information content (AvgIpc) is 3.45. The summed E-state index contributed by atoms with van der Waals surface area (Å²) in [5.74, 6) is -0.419. The van der Waals surface area contributed by atoms with E-state index in [0.717, 1.165) is 28.9 Å². The van der Waals surface area contributed by atoms with Crippen LogP contribution >= 0.6 is 0 Å². The van der Waals surface area contributed by atoms with Gasteiger partial charge in [0, 0.05) is 24.4 Å². The Morgan fingerprint density at radius 3 is 2.78 bits per heavy atom. The van der Waals surface area contributed by atoms with Crippen LogP contribution in [0.4, 0.5) is 0 Å². The molecule has 1 unspecified atom stereocenters. The number of fused-ring (bicyclic) bond motifs is 1. The fraction of sp³-hybridized carbons (Fsp3) is 0.375. The van der Waals surface area contributed by atoms with Crippen LogP contribution in [-0.2, 0) is 27.4 Å². The van der Waals surface area contributed by atoms with Crippen LogP contribution in [-0.4, -0.2) is 44.0 Å². The predicted octanol–water partition coefficient (Wildman–Crippen LogP) is 2.88. The number of nitrogens with zero attached hydrogens (tertiary/aromatic N) is 5. The third kappa shape index (κ3) is 4.19. The number of likely N-dealkylation sites (tertiary alicyclic amines) is 1. The molecule has 164 valence electrons. The summed E-state index contributed by atoms with van der Waals surface area (Å²) in [4.78, 5) is 31.8. The van der Waals surface area contributed by atoms with Gasteiger partial charge in [-0.25, -0.2) is 14.3 Å². The molecule has 3 heterocycles. The van der Waals surface area contributed by atoms with Crippen molar-refractivity contribution >= 4 is 17.5 Å². The third-order valence-corrected chi connectivity index (χ3v) is 5.99. The molecule has 0 aliphatic carbocycles. The van der Waals surface area contributed by atoms with Crippen LogP contribution < -0.4 is 0 Å². The summed E-state index contributed by atoms with van der Waals surface area (Å²) >= 11 is 0. The van der Waals surface area contributed by atoms with E-state index in [1.54, 1.807) is 9.42 Å². The van der Waals surface area contributed by atoms with Gasteiger partial charge in [-0.1, -0.05) is 30.3 Å². The van der Waals surface area contributed by atoms with Crippen LogP contribution in [0.15, 0.2) is 36.5 Å². The van der Waals surface area contributed by atoms with Crippen molar-refractivity contribution in [3.8, 4) is 6.07 Å². The van der Waals surface area contributed by atoms with Crippen LogP contribution in [0.25, 0.3) is 5.65 Å². The highest BCUT2D eigenvalue weighted by atomic mass is 16.5. The maximum Gasteiger partial charge on any atom is 0.329 e. The minimum atomic E-state index is -0.529. The van der Waals surface area contributed by atoms with E-state index in [9.17, 15) is 14.9 Å². The number of benzene rings is 1.